The second-order valence-electron chi connectivity index (χ2n) is 8.68. The molecule has 0 aromatic heterocycles. The normalized spacial score (nSPS) is 10.8. The monoisotopic (exact) mass is 442 g/mol. The van der Waals surface area contributed by atoms with Crippen molar-refractivity contribution in [2.45, 2.75) is 59.7 Å². The third-order valence-electron chi connectivity index (χ3n) is 5.98. The topological polar surface area (TPSA) is 46.5 Å². The molecule has 33 heavy (non-hydrogen) atoms. The highest BCUT2D eigenvalue weighted by molar-refractivity contribution is 5.87. The molecule has 3 aromatic rings. The summed E-state index contributed by atoms with van der Waals surface area (Å²) >= 11 is 0. The predicted molar refractivity (Wildman–Crippen MR) is 136 cm³/mol. The van der Waals surface area contributed by atoms with Gasteiger partial charge in [0.25, 0.3) is 0 Å². The Morgan fingerprint density at radius 1 is 0.909 bits per heavy atom. The van der Waals surface area contributed by atoms with Gasteiger partial charge in [-0.15, -0.1) is 0 Å². The van der Waals surface area contributed by atoms with Crippen LogP contribution in [0.4, 0.5) is 0 Å². The molecule has 0 amide bonds. The van der Waals surface area contributed by atoms with Crippen molar-refractivity contribution >= 4 is 5.97 Å². The van der Waals surface area contributed by atoms with E-state index in [0.717, 1.165) is 28.7 Å². The lowest BCUT2D eigenvalue weighted by atomic mass is 9.93. The Balaban J connectivity index is 1.81. The van der Waals surface area contributed by atoms with Gasteiger partial charge in [0, 0.05) is 5.57 Å². The molecule has 3 nitrogen and oxygen atoms in total. The quantitative estimate of drug-likeness (QED) is 0.206. The standard InChI is InChI=1S/C30H34O3/c1-5-6-7-8-23-9-11-24(12-10-23)25-15-16-29(22(4)17-25)26-13-14-27(19-31)28(18-26)20-33-30(32)21(2)3/h9-18,31H,2,5-8,19-20H2,1,3-4H3. The van der Waals surface area contributed by atoms with Gasteiger partial charge in [-0.1, -0.05) is 80.9 Å². The van der Waals surface area contributed by atoms with Crippen LogP contribution in [0.3, 0.4) is 0 Å². The van der Waals surface area contributed by atoms with Crippen LogP contribution in [0.1, 0.15) is 55.4 Å². The van der Waals surface area contributed by atoms with Gasteiger partial charge in [0.2, 0.25) is 0 Å². The number of benzene rings is 3. The Bertz CT molecular complexity index is 1110. The Labute approximate surface area is 197 Å². The average molecular weight is 443 g/mol. The highest BCUT2D eigenvalue weighted by Crippen LogP contribution is 2.30. The second-order valence-corrected chi connectivity index (χ2v) is 8.68. The molecule has 1 N–H and O–H groups in total. The van der Waals surface area contributed by atoms with Crippen molar-refractivity contribution in [2.24, 2.45) is 0 Å². The maximum Gasteiger partial charge on any atom is 0.333 e. The number of hydrogen-bond donors (Lipinski definition) is 1. The van der Waals surface area contributed by atoms with E-state index in [0.29, 0.717) is 5.57 Å². The molecule has 0 bridgehead atoms. The van der Waals surface area contributed by atoms with Gasteiger partial charge in [-0.2, -0.15) is 0 Å². The second kappa shape index (κ2) is 11.6. The van der Waals surface area contributed by atoms with E-state index < -0.39 is 5.97 Å². The van der Waals surface area contributed by atoms with Crippen molar-refractivity contribution in [2.75, 3.05) is 0 Å². The number of unbranched alkanes of at least 4 members (excludes halogenated alkanes) is 2. The Morgan fingerprint density at radius 2 is 1.61 bits per heavy atom. The molecule has 0 radical (unpaired) electrons. The Morgan fingerprint density at radius 3 is 2.24 bits per heavy atom. The Kier molecular flexibility index (Phi) is 8.62. The van der Waals surface area contributed by atoms with Gasteiger partial charge < -0.3 is 9.84 Å². The van der Waals surface area contributed by atoms with Crippen LogP contribution >= 0.6 is 0 Å². The fraction of sp³-hybridized carbons (Fsp3) is 0.300. The van der Waals surface area contributed by atoms with E-state index in [1.54, 1.807) is 6.92 Å². The first-order valence-electron chi connectivity index (χ1n) is 11.7. The highest BCUT2D eigenvalue weighted by Gasteiger charge is 2.11. The van der Waals surface area contributed by atoms with Crippen LogP contribution in [0.15, 0.2) is 72.8 Å². The van der Waals surface area contributed by atoms with Crippen molar-refractivity contribution in [3.8, 4) is 22.3 Å². The van der Waals surface area contributed by atoms with E-state index in [1.165, 1.54) is 41.5 Å². The first kappa shape index (κ1) is 24.5. The summed E-state index contributed by atoms with van der Waals surface area (Å²) in [6.45, 7) is 9.58. The van der Waals surface area contributed by atoms with Gasteiger partial charge >= 0.3 is 5.97 Å². The van der Waals surface area contributed by atoms with E-state index in [-0.39, 0.29) is 13.2 Å². The number of rotatable bonds is 10. The average Bonchev–Trinajstić information content (AvgIpc) is 2.82. The van der Waals surface area contributed by atoms with E-state index in [1.807, 2.05) is 18.2 Å². The van der Waals surface area contributed by atoms with Crippen LogP contribution in [-0.2, 0) is 29.2 Å². The fourth-order valence-corrected chi connectivity index (χ4v) is 3.96. The number of aryl methyl sites for hydroxylation is 2. The first-order chi connectivity index (χ1) is 15.9. The predicted octanol–water partition coefficient (Wildman–Crippen LogP) is 7.17. The van der Waals surface area contributed by atoms with Gasteiger partial charge in [-0.25, -0.2) is 4.79 Å². The zero-order valence-corrected chi connectivity index (χ0v) is 20.0. The van der Waals surface area contributed by atoms with Crippen LogP contribution in [-0.4, -0.2) is 11.1 Å². The van der Waals surface area contributed by atoms with Crippen LogP contribution < -0.4 is 0 Å². The summed E-state index contributed by atoms with van der Waals surface area (Å²) < 4.78 is 5.32. The van der Waals surface area contributed by atoms with E-state index in [4.69, 9.17) is 4.74 Å². The molecule has 0 aliphatic heterocycles. The first-order valence-corrected chi connectivity index (χ1v) is 11.7. The van der Waals surface area contributed by atoms with E-state index in [2.05, 4.69) is 62.9 Å². The maximum absolute atomic E-state index is 11.8. The molecule has 0 saturated carbocycles. The van der Waals surface area contributed by atoms with Crippen LogP contribution in [0.2, 0.25) is 0 Å². The highest BCUT2D eigenvalue weighted by atomic mass is 16.5. The molecule has 0 spiro atoms. The summed E-state index contributed by atoms with van der Waals surface area (Å²) in [5, 5.41) is 9.69. The van der Waals surface area contributed by atoms with Crippen molar-refractivity contribution in [1.82, 2.24) is 0 Å². The van der Waals surface area contributed by atoms with Crippen molar-refractivity contribution in [3.63, 3.8) is 0 Å². The number of aliphatic hydroxyl groups excluding tert-OH is 1. The molecule has 3 heteroatoms. The molecule has 0 saturated heterocycles. The third-order valence-corrected chi connectivity index (χ3v) is 5.98. The minimum Gasteiger partial charge on any atom is -0.457 e. The lowest BCUT2D eigenvalue weighted by molar-refractivity contribution is -0.140. The summed E-state index contributed by atoms with van der Waals surface area (Å²) in [5.41, 5.74) is 9.03. The summed E-state index contributed by atoms with van der Waals surface area (Å²) in [5.74, 6) is -0.429. The SMILES string of the molecule is C=C(C)C(=O)OCc1cc(-c2ccc(-c3ccc(CCCCC)cc3)cc2C)ccc1CO. The number of hydrogen-bond acceptors (Lipinski definition) is 3. The molecule has 0 atom stereocenters. The lowest BCUT2D eigenvalue weighted by Crippen LogP contribution is -2.06. The fourth-order valence-electron chi connectivity index (χ4n) is 3.96. The maximum atomic E-state index is 11.8. The number of aliphatic hydroxyl groups is 1. The molecule has 0 heterocycles. The molecular formula is C30H34O3. The molecular weight excluding hydrogens is 408 g/mol. The van der Waals surface area contributed by atoms with Gasteiger partial charge in [0.1, 0.15) is 6.61 Å². The summed E-state index contributed by atoms with van der Waals surface area (Å²) in [6.07, 6.45) is 4.90. The number of carbonyl (C=O) groups is 1. The molecule has 0 aliphatic carbocycles. The molecule has 3 rings (SSSR count). The van der Waals surface area contributed by atoms with Gasteiger partial charge in [-0.3, -0.25) is 0 Å². The van der Waals surface area contributed by atoms with Crippen LogP contribution in [0.25, 0.3) is 22.3 Å². The van der Waals surface area contributed by atoms with Crippen molar-refractivity contribution in [3.05, 3.63) is 95.1 Å². The number of carbonyl (C=O) groups excluding carboxylic acids is 1. The molecule has 0 fully saturated rings. The zero-order chi connectivity index (χ0) is 23.8. The summed E-state index contributed by atoms with van der Waals surface area (Å²) in [7, 11) is 0. The Hall–Kier alpha value is -3.17. The number of ether oxygens (including phenoxy) is 1. The minimum atomic E-state index is -0.429. The van der Waals surface area contributed by atoms with E-state index in [9.17, 15) is 9.90 Å². The number of esters is 1. The summed E-state index contributed by atoms with van der Waals surface area (Å²) in [6, 6.07) is 21.3. The van der Waals surface area contributed by atoms with Crippen molar-refractivity contribution in [1.29, 1.82) is 0 Å². The zero-order valence-electron chi connectivity index (χ0n) is 20.0. The van der Waals surface area contributed by atoms with Gasteiger partial charge in [-0.05, 0) is 77.3 Å². The molecule has 0 aliphatic rings. The largest absolute Gasteiger partial charge is 0.457 e. The van der Waals surface area contributed by atoms with Crippen molar-refractivity contribution < 1.29 is 14.6 Å². The molecule has 3 aromatic carbocycles. The van der Waals surface area contributed by atoms with E-state index >= 15 is 0 Å². The third kappa shape index (κ3) is 6.43. The molecule has 0 unspecified atom stereocenters. The van der Waals surface area contributed by atoms with Gasteiger partial charge in [0.05, 0.1) is 6.61 Å². The van der Waals surface area contributed by atoms with Crippen LogP contribution in [0, 0.1) is 6.92 Å². The summed E-state index contributed by atoms with van der Waals surface area (Å²) in [4.78, 5) is 11.8. The smallest absolute Gasteiger partial charge is 0.333 e. The lowest BCUT2D eigenvalue weighted by Gasteiger charge is -2.14. The minimum absolute atomic E-state index is 0.105. The van der Waals surface area contributed by atoms with Crippen LogP contribution in [0.5, 0.6) is 0 Å². The van der Waals surface area contributed by atoms with Gasteiger partial charge in [0.15, 0.2) is 0 Å². The molecule has 172 valence electrons.